The third-order valence-corrected chi connectivity index (χ3v) is 5.10. The fraction of sp³-hybridized carbons (Fsp3) is 0.250. The maximum atomic E-state index is 12.2. The van der Waals surface area contributed by atoms with Crippen molar-refractivity contribution in [3.05, 3.63) is 63.5 Å². The topological polar surface area (TPSA) is 130 Å². The van der Waals surface area contributed by atoms with Crippen LogP contribution >= 0.6 is 11.8 Å². The van der Waals surface area contributed by atoms with Crippen LogP contribution in [0.1, 0.15) is 17.0 Å². The largest absolute Gasteiger partial charge is 0.493 e. The highest BCUT2D eigenvalue weighted by atomic mass is 32.2. The molecular weight excluding hydrogens is 424 g/mol. The van der Waals surface area contributed by atoms with Gasteiger partial charge in [-0.15, -0.1) is 10.2 Å². The number of rotatable bonds is 9. The molecule has 0 aliphatic heterocycles. The molecule has 31 heavy (non-hydrogen) atoms. The van der Waals surface area contributed by atoms with E-state index in [1.165, 1.54) is 12.1 Å². The number of anilines is 1. The number of thioether (sulfide) groups is 1. The van der Waals surface area contributed by atoms with Crippen molar-refractivity contribution >= 4 is 29.0 Å². The van der Waals surface area contributed by atoms with Gasteiger partial charge in [0.1, 0.15) is 0 Å². The standard InChI is InChI=1S/C20H20N4O6S/c1-12-4-6-14(24(26)27)10-15(12)21-18(25)11-31-20-23-22-19(30-20)9-13-5-7-16(28-2)17(8-13)29-3/h4-8,10H,9,11H2,1-3H3,(H,21,25). The number of amides is 1. The van der Waals surface area contributed by atoms with E-state index in [1.807, 2.05) is 12.1 Å². The fourth-order valence-electron chi connectivity index (χ4n) is 2.70. The van der Waals surface area contributed by atoms with E-state index in [9.17, 15) is 14.9 Å². The maximum absolute atomic E-state index is 12.2. The normalized spacial score (nSPS) is 10.5. The molecule has 10 nitrogen and oxygen atoms in total. The van der Waals surface area contributed by atoms with Crippen molar-refractivity contribution < 1.29 is 23.6 Å². The van der Waals surface area contributed by atoms with Gasteiger partial charge < -0.3 is 19.2 Å². The van der Waals surface area contributed by atoms with Crippen molar-refractivity contribution in [1.29, 1.82) is 0 Å². The summed E-state index contributed by atoms with van der Waals surface area (Å²) in [5, 5.41) is 21.8. The summed E-state index contributed by atoms with van der Waals surface area (Å²) in [6.45, 7) is 1.75. The van der Waals surface area contributed by atoms with Gasteiger partial charge in [0.15, 0.2) is 11.5 Å². The molecular formula is C20H20N4O6S. The summed E-state index contributed by atoms with van der Waals surface area (Å²) in [5.74, 6) is 1.29. The monoisotopic (exact) mass is 444 g/mol. The van der Waals surface area contributed by atoms with Gasteiger partial charge in [-0.25, -0.2) is 0 Å². The van der Waals surface area contributed by atoms with Gasteiger partial charge in [-0.3, -0.25) is 14.9 Å². The molecule has 0 saturated heterocycles. The SMILES string of the molecule is COc1ccc(Cc2nnc(SCC(=O)Nc3cc([N+](=O)[O-])ccc3C)o2)cc1OC. The number of nitrogens with one attached hydrogen (secondary N) is 1. The van der Waals surface area contributed by atoms with E-state index in [-0.39, 0.29) is 22.6 Å². The third-order valence-electron chi connectivity index (χ3n) is 4.28. The number of carbonyl (C=O) groups is 1. The summed E-state index contributed by atoms with van der Waals surface area (Å²) in [7, 11) is 3.12. The number of methoxy groups -OCH3 is 2. The Kier molecular flexibility index (Phi) is 7.08. The number of aromatic nitrogens is 2. The Morgan fingerprint density at radius 2 is 1.94 bits per heavy atom. The first-order chi connectivity index (χ1) is 14.9. The van der Waals surface area contributed by atoms with Gasteiger partial charge in [0.05, 0.1) is 37.0 Å². The van der Waals surface area contributed by atoms with Crippen molar-refractivity contribution in [1.82, 2.24) is 10.2 Å². The molecule has 0 unspecified atom stereocenters. The summed E-state index contributed by atoms with van der Waals surface area (Å²) in [6, 6.07) is 9.78. The zero-order chi connectivity index (χ0) is 22.4. The van der Waals surface area contributed by atoms with Crippen molar-refractivity contribution in [2.45, 2.75) is 18.6 Å². The van der Waals surface area contributed by atoms with Crippen LogP contribution in [0.3, 0.4) is 0 Å². The second-order valence-corrected chi connectivity index (χ2v) is 7.35. The second kappa shape index (κ2) is 9.94. The van der Waals surface area contributed by atoms with Crippen LogP contribution < -0.4 is 14.8 Å². The number of hydrogen-bond donors (Lipinski definition) is 1. The zero-order valence-corrected chi connectivity index (χ0v) is 17.9. The molecule has 1 N–H and O–H groups in total. The summed E-state index contributed by atoms with van der Waals surface area (Å²) in [4.78, 5) is 22.6. The Morgan fingerprint density at radius 1 is 1.16 bits per heavy atom. The van der Waals surface area contributed by atoms with Gasteiger partial charge in [0.25, 0.3) is 10.9 Å². The van der Waals surface area contributed by atoms with Gasteiger partial charge in [-0.05, 0) is 30.2 Å². The summed E-state index contributed by atoms with van der Waals surface area (Å²) >= 11 is 1.08. The highest BCUT2D eigenvalue weighted by molar-refractivity contribution is 7.99. The molecule has 1 heterocycles. The molecule has 3 aromatic rings. The molecule has 3 rings (SSSR count). The summed E-state index contributed by atoms with van der Waals surface area (Å²) in [6.07, 6.45) is 0.396. The number of aryl methyl sites for hydroxylation is 1. The maximum Gasteiger partial charge on any atom is 0.277 e. The average molecular weight is 444 g/mol. The molecule has 0 bridgehead atoms. The number of nitro groups is 1. The third kappa shape index (κ3) is 5.72. The molecule has 0 atom stereocenters. The lowest BCUT2D eigenvalue weighted by Crippen LogP contribution is -2.15. The van der Waals surface area contributed by atoms with E-state index in [0.717, 1.165) is 22.9 Å². The molecule has 0 radical (unpaired) electrons. The molecule has 0 aliphatic carbocycles. The number of hydrogen-bond acceptors (Lipinski definition) is 9. The predicted octanol–water partition coefficient (Wildman–Crippen LogP) is 3.63. The van der Waals surface area contributed by atoms with E-state index < -0.39 is 4.92 Å². The first-order valence-corrected chi connectivity index (χ1v) is 10.1. The van der Waals surface area contributed by atoms with Crippen molar-refractivity contribution in [3.63, 3.8) is 0 Å². The molecule has 2 aromatic carbocycles. The first-order valence-electron chi connectivity index (χ1n) is 9.10. The van der Waals surface area contributed by atoms with Crippen LogP contribution in [0.5, 0.6) is 11.5 Å². The number of nitrogens with zero attached hydrogens (tertiary/aromatic N) is 3. The van der Waals surface area contributed by atoms with Crippen molar-refractivity contribution in [2.75, 3.05) is 25.3 Å². The Bertz CT molecular complexity index is 1100. The summed E-state index contributed by atoms with van der Waals surface area (Å²) in [5.41, 5.74) is 1.92. The fourth-order valence-corrected chi connectivity index (χ4v) is 3.29. The Morgan fingerprint density at radius 3 is 2.65 bits per heavy atom. The lowest BCUT2D eigenvalue weighted by Gasteiger charge is -2.08. The molecule has 11 heteroatoms. The van der Waals surface area contributed by atoms with Crippen LogP contribution in [-0.2, 0) is 11.2 Å². The predicted molar refractivity (Wildman–Crippen MR) is 114 cm³/mol. The highest BCUT2D eigenvalue weighted by Gasteiger charge is 2.14. The molecule has 0 spiro atoms. The minimum atomic E-state index is -0.512. The second-order valence-electron chi connectivity index (χ2n) is 6.42. The number of carbonyl (C=O) groups excluding carboxylic acids is 1. The lowest BCUT2D eigenvalue weighted by molar-refractivity contribution is -0.384. The number of non-ortho nitro benzene ring substituents is 1. The minimum Gasteiger partial charge on any atom is -0.493 e. The zero-order valence-electron chi connectivity index (χ0n) is 17.1. The molecule has 1 aromatic heterocycles. The molecule has 1 amide bonds. The molecule has 0 aliphatic rings. The van der Waals surface area contributed by atoms with Crippen molar-refractivity contribution in [3.8, 4) is 11.5 Å². The van der Waals surface area contributed by atoms with Gasteiger partial charge >= 0.3 is 0 Å². The van der Waals surface area contributed by atoms with E-state index in [1.54, 1.807) is 33.3 Å². The average Bonchev–Trinajstić information content (AvgIpc) is 3.20. The number of benzene rings is 2. The van der Waals surface area contributed by atoms with E-state index in [2.05, 4.69) is 15.5 Å². The Balaban J connectivity index is 1.57. The van der Waals surface area contributed by atoms with Gasteiger partial charge in [0, 0.05) is 12.1 Å². The van der Waals surface area contributed by atoms with Crippen LogP contribution in [0, 0.1) is 17.0 Å². The Hall–Kier alpha value is -3.60. The van der Waals surface area contributed by atoms with E-state index in [4.69, 9.17) is 13.9 Å². The van der Waals surface area contributed by atoms with E-state index in [0.29, 0.717) is 29.5 Å². The van der Waals surface area contributed by atoms with Crippen LogP contribution in [0.25, 0.3) is 0 Å². The van der Waals surface area contributed by atoms with Crippen LogP contribution in [0.15, 0.2) is 46.0 Å². The van der Waals surface area contributed by atoms with E-state index >= 15 is 0 Å². The van der Waals surface area contributed by atoms with Crippen LogP contribution in [-0.4, -0.2) is 41.0 Å². The first kappa shape index (κ1) is 22.1. The molecule has 0 saturated carbocycles. The van der Waals surface area contributed by atoms with Gasteiger partial charge in [0.2, 0.25) is 11.8 Å². The summed E-state index contributed by atoms with van der Waals surface area (Å²) < 4.78 is 16.1. The number of ether oxygens (including phenoxy) is 2. The van der Waals surface area contributed by atoms with Gasteiger partial charge in [-0.1, -0.05) is 23.9 Å². The quantitative estimate of drug-likeness (QED) is 0.299. The molecule has 162 valence electrons. The Labute approximate surface area is 182 Å². The number of nitro benzene ring substituents is 1. The van der Waals surface area contributed by atoms with Crippen molar-refractivity contribution in [2.24, 2.45) is 0 Å². The lowest BCUT2D eigenvalue weighted by atomic mass is 10.1. The van der Waals surface area contributed by atoms with Crippen LogP contribution in [0.2, 0.25) is 0 Å². The minimum absolute atomic E-state index is 0.0140. The molecule has 0 fully saturated rings. The van der Waals surface area contributed by atoms with Gasteiger partial charge in [-0.2, -0.15) is 0 Å². The highest BCUT2D eigenvalue weighted by Crippen LogP contribution is 2.29. The smallest absolute Gasteiger partial charge is 0.277 e. The van der Waals surface area contributed by atoms with Crippen LogP contribution in [0.4, 0.5) is 11.4 Å².